The van der Waals surface area contributed by atoms with Crippen molar-refractivity contribution in [1.82, 2.24) is 5.32 Å². The molecule has 2 amide bonds. The highest BCUT2D eigenvalue weighted by Crippen LogP contribution is 1.95. The van der Waals surface area contributed by atoms with Crippen molar-refractivity contribution in [1.29, 1.82) is 0 Å². The van der Waals surface area contributed by atoms with Gasteiger partial charge in [0, 0.05) is 17.8 Å². The maximum Gasteiger partial charge on any atom is 0.247 e. The van der Waals surface area contributed by atoms with Crippen LogP contribution in [0.4, 0.5) is 0 Å². The minimum atomic E-state index is -0.652. The van der Waals surface area contributed by atoms with Gasteiger partial charge in [-0.3, -0.25) is 9.59 Å². The monoisotopic (exact) mass is 221 g/mol. The van der Waals surface area contributed by atoms with Crippen LogP contribution in [0.3, 0.4) is 0 Å². The number of aliphatic imine (C=N–C) groups is 1. The van der Waals surface area contributed by atoms with Crippen molar-refractivity contribution < 1.29 is 9.59 Å². The predicted octanol–water partition coefficient (Wildman–Crippen LogP) is -0.0257. The van der Waals surface area contributed by atoms with E-state index in [1.54, 1.807) is 13.8 Å². The van der Waals surface area contributed by atoms with Crippen LogP contribution in [0.2, 0.25) is 0 Å². The Morgan fingerprint density at radius 3 is 2.69 bits per heavy atom. The Hall–Kier alpha value is -2.09. The maximum atomic E-state index is 11.5. The molecule has 0 aliphatic heterocycles. The molecule has 86 valence electrons. The lowest BCUT2D eigenvalue weighted by Crippen LogP contribution is -2.44. The summed E-state index contributed by atoms with van der Waals surface area (Å²) < 4.78 is 0. The molecular weight excluding hydrogens is 206 g/mol. The van der Waals surface area contributed by atoms with Gasteiger partial charge in [0.05, 0.1) is 0 Å². The minimum Gasteiger partial charge on any atom is -0.368 e. The van der Waals surface area contributed by atoms with Crippen LogP contribution in [0.25, 0.3) is 0 Å². The Morgan fingerprint density at radius 2 is 2.25 bits per heavy atom. The number of terminal acetylenes is 1. The van der Waals surface area contributed by atoms with Gasteiger partial charge >= 0.3 is 0 Å². The minimum absolute atomic E-state index is 0.367. The number of allylic oxidation sites excluding steroid dienone is 1. The number of carbonyl (C=O) groups is 2. The molecule has 5 nitrogen and oxygen atoms in total. The Kier molecular flexibility index (Phi) is 6.29. The van der Waals surface area contributed by atoms with E-state index in [-0.39, 0.29) is 5.91 Å². The summed E-state index contributed by atoms with van der Waals surface area (Å²) in [6.07, 6.45) is 8.14. The molecule has 0 aromatic heterocycles. The lowest BCUT2D eigenvalue weighted by Gasteiger charge is -2.12. The van der Waals surface area contributed by atoms with Gasteiger partial charge in [0.25, 0.3) is 0 Å². The highest BCUT2D eigenvalue weighted by Gasteiger charge is 2.15. The van der Waals surface area contributed by atoms with Crippen LogP contribution in [-0.4, -0.2) is 24.1 Å². The van der Waals surface area contributed by atoms with E-state index in [9.17, 15) is 9.59 Å². The van der Waals surface area contributed by atoms with Crippen LogP contribution >= 0.6 is 0 Å². The fraction of sp³-hybridized carbons (Fsp3) is 0.364. The predicted molar refractivity (Wildman–Crippen MR) is 62.5 cm³/mol. The summed E-state index contributed by atoms with van der Waals surface area (Å²) in [5, 5.41) is 2.50. The Morgan fingerprint density at radius 1 is 1.62 bits per heavy atom. The fourth-order valence-corrected chi connectivity index (χ4v) is 0.914. The molecule has 0 saturated heterocycles. The number of nitrogens with one attached hydrogen (secondary N) is 1. The van der Waals surface area contributed by atoms with Crippen molar-refractivity contribution in [3.8, 4) is 12.5 Å². The third-order valence-corrected chi connectivity index (χ3v) is 1.89. The molecular formula is C11H15N3O2. The summed E-state index contributed by atoms with van der Waals surface area (Å²) in [6.45, 7) is 3.35. The van der Waals surface area contributed by atoms with Crippen molar-refractivity contribution in [3.05, 3.63) is 11.6 Å². The first kappa shape index (κ1) is 13.9. The highest BCUT2D eigenvalue weighted by atomic mass is 16.2. The first-order valence-electron chi connectivity index (χ1n) is 4.78. The van der Waals surface area contributed by atoms with Crippen LogP contribution in [0.15, 0.2) is 16.6 Å². The number of hydrogen-bond donors (Lipinski definition) is 2. The number of rotatable bonds is 5. The molecule has 0 radical (unpaired) electrons. The fourth-order valence-electron chi connectivity index (χ4n) is 0.914. The van der Waals surface area contributed by atoms with E-state index in [2.05, 4.69) is 16.4 Å². The molecule has 1 unspecified atom stereocenters. The molecule has 0 rings (SSSR count). The highest BCUT2D eigenvalue weighted by molar-refractivity contribution is 5.99. The second-order valence-electron chi connectivity index (χ2n) is 3.09. The zero-order valence-corrected chi connectivity index (χ0v) is 9.36. The lowest BCUT2D eigenvalue weighted by atomic mass is 10.2. The number of nitrogens with two attached hydrogens (primary N) is 1. The topological polar surface area (TPSA) is 84.6 Å². The number of carbonyl (C=O) groups excluding carboxylic acids is 2. The summed E-state index contributed by atoms with van der Waals surface area (Å²) >= 11 is 0. The third kappa shape index (κ3) is 4.96. The van der Waals surface area contributed by atoms with Gasteiger partial charge in [-0.25, -0.2) is 4.99 Å². The average molecular weight is 221 g/mol. The second kappa shape index (κ2) is 7.23. The zero-order chi connectivity index (χ0) is 12.6. The smallest absolute Gasteiger partial charge is 0.247 e. The van der Waals surface area contributed by atoms with Gasteiger partial charge in [-0.2, -0.15) is 0 Å². The van der Waals surface area contributed by atoms with E-state index in [1.807, 2.05) is 0 Å². The van der Waals surface area contributed by atoms with Crippen molar-refractivity contribution >= 4 is 18.0 Å². The molecule has 5 heteroatoms. The first-order chi connectivity index (χ1) is 7.52. The van der Waals surface area contributed by atoms with Crippen molar-refractivity contribution in [2.24, 2.45) is 10.7 Å². The molecule has 3 N–H and O–H groups in total. The quantitative estimate of drug-likeness (QED) is 0.388. The summed E-state index contributed by atoms with van der Waals surface area (Å²) in [7, 11) is 0. The summed E-state index contributed by atoms with van der Waals surface area (Å²) in [5.74, 6) is -0.921. The van der Waals surface area contributed by atoms with Gasteiger partial charge < -0.3 is 11.1 Å². The van der Waals surface area contributed by atoms with E-state index in [0.717, 1.165) is 0 Å². The first-order valence-corrected chi connectivity index (χ1v) is 4.78. The van der Waals surface area contributed by atoms with Crippen molar-refractivity contribution in [2.75, 3.05) is 0 Å². The van der Waals surface area contributed by atoms with Crippen molar-refractivity contribution in [2.45, 2.75) is 26.3 Å². The van der Waals surface area contributed by atoms with Gasteiger partial charge in [-0.15, -0.1) is 0 Å². The average Bonchev–Trinajstić information content (AvgIpc) is 2.25. The molecule has 0 aromatic carbocycles. The van der Waals surface area contributed by atoms with E-state index in [1.165, 1.54) is 12.3 Å². The lowest BCUT2D eigenvalue weighted by molar-refractivity contribution is -0.125. The van der Waals surface area contributed by atoms with Gasteiger partial charge in [0.15, 0.2) is 0 Å². The van der Waals surface area contributed by atoms with E-state index < -0.39 is 11.9 Å². The standard InChI is InChI=1S/C11H15N3O2/c1-4-9(10(12)15)14-11(16)8(3)6-7-13-5-2/h2,6-7,9H,4H2,1,3H3,(H2,12,15)(H,14,16)/b8-6+,13-7-. The van der Waals surface area contributed by atoms with Gasteiger partial charge in [-0.1, -0.05) is 13.3 Å². The largest absolute Gasteiger partial charge is 0.368 e. The van der Waals surface area contributed by atoms with Crippen LogP contribution in [0.5, 0.6) is 0 Å². The van der Waals surface area contributed by atoms with Gasteiger partial charge in [0.1, 0.15) is 6.04 Å². The van der Waals surface area contributed by atoms with Crippen LogP contribution in [0, 0.1) is 12.5 Å². The summed E-state index contributed by atoms with van der Waals surface area (Å²) in [6, 6.07) is 1.40. The molecule has 0 heterocycles. The number of nitrogens with zero attached hydrogens (tertiary/aromatic N) is 1. The van der Waals surface area contributed by atoms with Gasteiger partial charge in [-0.05, 0) is 19.4 Å². The second-order valence-corrected chi connectivity index (χ2v) is 3.09. The molecule has 0 aliphatic rings. The zero-order valence-electron chi connectivity index (χ0n) is 9.36. The van der Waals surface area contributed by atoms with Crippen LogP contribution in [-0.2, 0) is 9.59 Å². The normalized spacial score (nSPS) is 13.2. The van der Waals surface area contributed by atoms with E-state index >= 15 is 0 Å². The third-order valence-electron chi connectivity index (χ3n) is 1.89. The molecule has 1 atom stereocenters. The molecule has 0 bridgehead atoms. The molecule has 0 saturated carbocycles. The summed E-state index contributed by atoms with van der Waals surface area (Å²) in [4.78, 5) is 25.9. The molecule has 0 aromatic rings. The SMILES string of the molecule is C#C/N=C\C=C(/C)C(=O)NC(CC)C(N)=O. The van der Waals surface area contributed by atoms with E-state index in [4.69, 9.17) is 12.2 Å². The number of primary amides is 1. The van der Waals surface area contributed by atoms with Crippen LogP contribution < -0.4 is 11.1 Å². The Labute approximate surface area is 94.8 Å². The molecule has 0 aliphatic carbocycles. The van der Waals surface area contributed by atoms with Crippen LogP contribution in [0.1, 0.15) is 20.3 Å². The maximum absolute atomic E-state index is 11.5. The number of hydrogen-bond acceptors (Lipinski definition) is 3. The number of amides is 2. The molecule has 0 fully saturated rings. The Bertz CT molecular complexity index is 364. The molecule has 16 heavy (non-hydrogen) atoms. The Balaban J connectivity index is 4.46. The van der Waals surface area contributed by atoms with Crippen molar-refractivity contribution in [3.63, 3.8) is 0 Å². The molecule has 0 spiro atoms. The van der Waals surface area contributed by atoms with Gasteiger partial charge in [0.2, 0.25) is 11.8 Å². The van der Waals surface area contributed by atoms with E-state index in [0.29, 0.717) is 12.0 Å². The summed E-state index contributed by atoms with van der Waals surface area (Å²) in [5.41, 5.74) is 5.49.